The molecule has 3 aromatic heterocycles. The third-order valence-corrected chi connectivity index (χ3v) is 8.75. The van der Waals surface area contributed by atoms with Crippen molar-refractivity contribution >= 4 is 56.2 Å². The number of hydrogen-bond acceptors (Lipinski definition) is 8. The van der Waals surface area contributed by atoms with Crippen molar-refractivity contribution in [1.82, 2.24) is 14.5 Å². The van der Waals surface area contributed by atoms with Crippen LogP contribution in [0.2, 0.25) is 0 Å². The highest BCUT2D eigenvalue weighted by atomic mass is 32.2. The zero-order valence-corrected chi connectivity index (χ0v) is 21.3. The van der Waals surface area contributed by atoms with Crippen molar-refractivity contribution in [2.45, 2.75) is 5.16 Å². The van der Waals surface area contributed by atoms with Crippen LogP contribution in [-0.2, 0) is 11.8 Å². The number of thiophene rings is 2. The number of carbonyl (C=O) groups excluding carboxylic acids is 1. The number of benzene rings is 1. The molecule has 1 saturated heterocycles. The topological polar surface area (TPSA) is 67.7 Å². The van der Waals surface area contributed by atoms with E-state index in [1.54, 1.807) is 30.1 Å². The highest BCUT2D eigenvalue weighted by Gasteiger charge is 2.23. The number of methoxy groups -OCH3 is 1. The van der Waals surface area contributed by atoms with E-state index in [0.29, 0.717) is 23.6 Å². The molecule has 5 rings (SSSR count). The van der Waals surface area contributed by atoms with Crippen molar-refractivity contribution < 1.29 is 9.53 Å². The molecule has 1 aromatic carbocycles. The molecule has 4 heterocycles. The van der Waals surface area contributed by atoms with E-state index in [9.17, 15) is 9.59 Å². The van der Waals surface area contributed by atoms with Crippen LogP contribution in [0.4, 0.5) is 5.69 Å². The van der Waals surface area contributed by atoms with E-state index in [2.05, 4.69) is 4.90 Å². The Morgan fingerprint density at radius 3 is 2.56 bits per heavy atom. The van der Waals surface area contributed by atoms with Gasteiger partial charge in [-0.1, -0.05) is 17.8 Å². The van der Waals surface area contributed by atoms with E-state index < -0.39 is 0 Å². The number of fused-ring (bicyclic) bond motifs is 1. The molecule has 0 N–H and O–H groups in total. The van der Waals surface area contributed by atoms with E-state index in [1.165, 1.54) is 23.1 Å². The number of piperazine rings is 1. The highest BCUT2D eigenvalue weighted by Crippen LogP contribution is 2.34. The van der Waals surface area contributed by atoms with Gasteiger partial charge in [0.2, 0.25) is 5.91 Å². The third-order valence-electron chi connectivity index (χ3n) is 5.96. The Labute approximate surface area is 209 Å². The van der Waals surface area contributed by atoms with Crippen LogP contribution in [-0.4, -0.2) is 59.4 Å². The van der Waals surface area contributed by atoms with E-state index in [4.69, 9.17) is 9.72 Å². The quantitative estimate of drug-likeness (QED) is 0.285. The van der Waals surface area contributed by atoms with E-state index in [-0.39, 0.29) is 17.2 Å². The van der Waals surface area contributed by atoms with Crippen LogP contribution >= 0.6 is 34.4 Å². The van der Waals surface area contributed by atoms with Gasteiger partial charge in [0.05, 0.1) is 18.2 Å². The molecule has 1 aliphatic heterocycles. The number of carbonyl (C=O) groups is 1. The van der Waals surface area contributed by atoms with Gasteiger partial charge >= 0.3 is 0 Å². The molecule has 10 heteroatoms. The zero-order chi connectivity index (χ0) is 23.7. The summed E-state index contributed by atoms with van der Waals surface area (Å²) < 4.78 is 6.79. The number of amides is 1. The maximum Gasteiger partial charge on any atom is 0.263 e. The van der Waals surface area contributed by atoms with Gasteiger partial charge in [0.25, 0.3) is 5.56 Å². The molecule has 0 atom stereocenters. The second-order valence-electron chi connectivity index (χ2n) is 7.92. The number of aromatic nitrogens is 2. The highest BCUT2D eigenvalue weighted by molar-refractivity contribution is 7.99. The minimum Gasteiger partial charge on any atom is -0.497 e. The summed E-state index contributed by atoms with van der Waals surface area (Å²) in [5.74, 6) is 1.16. The molecule has 0 spiro atoms. The van der Waals surface area contributed by atoms with Gasteiger partial charge in [-0.2, -0.15) is 0 Å². The average molecular weight is 513 g/mol. The van der Waals surface area contributed by atoms with Gasteiger partial charge in [0, 0.05) is 54.7 Å². The summed E-state index contributed by atoms with van der Waals surface area (Å²) in [5, 5.41) is 5.22. The maximum absolute atomic E-state index is 13.1. The SMILES string of the molecule is COc1ccc(N2CCN(C(=O)CSc3nc4scc(-c5cccs5)c4c(=O)n3C)CC2)cc1. The molecule has 1 amide bonds. The summed E-state index contributed by atoms with van der Waals surface area (Å²) >= 11 is 4.41. The second kappa shape index (κ2) is 9.81. The molecule has 7 nitrogen and oxygen atoms in total. The van der Waals surface area contributed by atoms with Crippen LogP contribution in [0.5, 0.6) is 5.75 Å². The summed E-state index contributed by atoms with van der Waals surface area (Å²) in [5.41, 5.74) is 2.00. The van der Waals surface area contributed by atoms with Crippen LogP contribution in [0.1, 0.15) is 0 Å². The average Bonchev–Trinajstić information content (AvgIpc) is 3.55. The van der Waals surface area contributed by atoms with Gasteiger partial charge in [-0.25, -0.2) is 4.98 Å². The molecule has 0 bridgehead atoms. The summed E-state index contributed by atoms with van der Waals surface area (Å²) in [7, 11) is 3.39. The van der Waals surface area contributed by atoms with Gasteiger partial charge in [0.1, 0.15) is 10.6 Å². The zero-order valence-electron chi connectivity index (χ0n) is 18.9. The minimum atomic E-state index is -0.0716. The normalized spacial score (nSPS) is 14.1. The number of rotatable bonds is 6. The Kier molecular flexibility index (Phi) is 6.62. The molecule has 0 unspecified atom stereocenters. The van der Waals surface area contributed by atoms with Crippen LogP contribution < -0.4 is 15.2 Å². The molecular formula is C24H24N4O3S3. The fourth-order valence-corrected chi connectivity index (χ4v) is 6.70. The van der Waals surface area contributed by atoms with E-state index in [0.717, 1.165) is 39.8 Å². The van der Waals surface area contributed by atoms with Crippen LogP contribution in [0.25, 0.3) is 20.7 Å². The molecule has 0 aliphatic carbocycles. The Balaban J connectivity index is 1.23. The first-order chi connectivity index (χ1) is 16.5. The molecule has 1 fully saturated rings. The van der Waals surface area contributed by atoms with Crippen molar-refractivity contribution in [2.75, 3.05) is 43.9 Å². The fourth-order valence-electron chi connectivity index (χ4n) is 4.02. The molecule has 1 aliphatic rings. The first-order valence-corrected chi connectivity index (χ1v) is 13.6. The van der Waals surface area contributed by atoms with E-state index in [1.807, 2.05) is 52.1 Å². The minimum absolute atomic E-state index is 0.0687. The Morgan fingerprint density at radius 1 is 1.12 bits per heavy atom. The Morgan fingerprint density at radius 2 is 1.88 bits per heavy atom. The molecule has 4 aromatic rings. The van der Waals surface area contributed by atoms with Crippen LogP contribution in [0.3, 0.4) is 0 Å². The molecular weight excluding hydrogens is 488 g/mol. The van der Waals surface area contributed by atoms with Crippen molar-refractivity contribution in [2.24, 2.45) is 7.05 Å². The van der Waals surface area contributed by atoms with Gasteiger partial charge in [-0.05, 0) is 35.7 Å². The number of nitrogens with zero attached hydrogens (tertiary/aromatic N) is 4. The Hall–Kier alpha value is -2.82. The maximum atomic E-state index is 13.1. The van der Waals surface area contributed by atoms with Crippen molar-refractivity contribution in [1.29, 1.82) is 0 Å². The van der Waals surface area contributed by atoms with Crippen molar-refractivity contribution in [3.8, 4) is 16.2 Å². The summed E-state index contributed by atoms with van der Waals surface area (Å²) in [6.45, 7) is 2.91. The monoisotopic (exact) mass is 512 g/mol. The van der Waals surface area contributed by atoms with Crippen molar-refractivity contribution in [3.05, 3.63) is 57.5 Å². The fraction of sp³-hybridized carbons (Fsp3) is 0.292. The lowest BCUT2D eigenvalue weighted by atomic mass is 10.2. The molecule has 176 valence electrons. The van der Waals surface area contributed by atoms with Crippen LogP contribution in [0, 0.1) is 0 Å². The number of thioether (sulfide) groups is 1. The summed E-state index contributed by atoms with van der Waals surface area (Å²) in [6, 6.07) is 12.0. The predicted molar refractivity (Wildman–Crippen MR) is 141 cm³/mol. The predicted octanol–water partition coefficient (Wildman–Crippen LogP) is 4.17. The molecule has 0 saturated carbocycles. The van der Waals surface area contributed by atoms with Gasteiger partial charge in [0.15, 0.2) is 5.16 Å². The number of hydrogen-bond donors (Lipinski definition) is 0. The first kappa shape index (κ1) is 22.9. The lowest BCUT2D eigenvalue weighted by Crippen LogP contribution is -2.49. The van der Waals surface area contributed by atoms with Gasteiger partial charge < -0.3 is 14.5 Å². The lowest BCUT2D eigenvalue weighted by Gasteiger charge is -2.36. The van der Waals surface area contributed by atoms with Gasteiger partial charge in [-0.3, -0.25) is 14.2 Å². The van der Waals surface area contributed by atoms with E-state index >= 15 is 0 Å². The summed E-state index contributed by atoms with van der Waals surface area (Å²) in [6.07, 6.45) is 0. The third kappa shape index (κ3) is 4.45. The lowest BCUT2D eigenvalue weighted by molar-refractivity contribution is -0.128. The second-order valence-corrected chi connectivity index (χ2v) is 10.7. The largest absolute Gasteiger partial charge is 0.497 e. The Bertz CT molecular complexity index is 1350. The number of ether oxygens (including phenoxy) is 1. The smallest absolute Gasteiger partial charge is 0.263 e. The van der Waals surface area contributed by atoms with Gasteiger partial charge in [-0.15, -0.1) is 22.7 Å². The molecule has 0 radical (unpaired) electrons. The van der Waals surface area contributed by atoms with Crippen LogP contribution in [0.15, 0.2) is 57.1 Å². The molecule has 34 heavy (non-hydrogen) atoms. The van der Waals surface area contributed by atoms with Crippen molar-refractivity contribution in [3.63, 3.8) is 0 Å². The summed E-state index contributed by atoms with van der Waals surface area (Å²) in [4.78, 5) is 36.6. The number of anilines is 1. The first-order valence-electron chi connectivity index (χ1n) is 10.9. The standard InChI is InChI=1S/C24H24N4O3S3/c1-26-23(30)21-18(19-4-3-13-32-19)14-33-22(21)25-24(26)34-15-20(29)28-11-9-27(10-12-28)16-5-7-17(31-2)8-6-16/h3-8,13-14H,9-12,15H2,1-2H3.